The topological polar surface area (TPSA) is 12.0 Å². The maximum Gasteiger partial charge on any atom is 0.256 e. The smallest absolute Gasteiger partial charge is 0.256 e. The number of hydrogen-bond donors (Lipinski definition) is 1. The first kappa shape index (κ1) is 6.35. The van der Waals surface area contributed by atoms with Crippen molar-refractivity contribution >= 4 is 0 Å². The van der Waals surface area contributed by atoms with E-state index in [1.807, 2.05) is 0 Å². The number of piperidine rings is 1. The zero-order valence-electron chi connectivity index (χ0n) is 6.19. The third-order valence-electron chi connectivity index (χ3n) is 3.51. The van der Waals surface area contributed by atoms with E-state index in [1.165, 1.54) is 0 Å². The molecule has 2 saturated heterocycles. The number of alkyl halides is 2. The molecule has 3 rings (SSSR count). The number of hydrogen-bond acceptors (Lipinski definition) is 1. The molecule has 62 valence electrons. The fourth-order valence-corrected chi connectivity index (χ4v) is 2.89. The number of rotatable bonds is 0. The van der Waals surface area contributed by atoms with Gasteiger partial charge in [0.05, 0.1) is 0 Å². The summed E-state index contributed by atoms with van der Waals surface area (Å²) in [4.78, 5) is 0. The lowest BCUT2D eigenvalue weighted by Gasteiger charge is -2.17. The zero-order chi connectivity index (χ0) is 7.64. The first-order valence-electron chi connectivity index (χ1n) is 4.33. The minimum atomic E-state index is -2.31. The van der Waals surface area contributed by atoms with Gasteiger partial charge < -0.3 is 5.32 Å². The van der Waals surface area contributed by atoms with Gasteiger partial charge in [0.2, 0.25) is 0 Å². The van der Waals surface area contributed by atoms with Crippen LogP contribution < -0.4 is 5.32 Å². The summed E-state index contributed by atoms with van der Waals surface area (Å²) >= 11 is 0. The Balaban J connectivity index is 1.90. The molecule has 0 unspecified atom stereocenters. The van der Waals surface area contributed by atoms with Crippen LogP contribution in [0.2, 0.25) is 0 Å². The van der Waals surface area contributed by atoms with Crippen molar-refractivity contribution < 1.29 is 8.78 Å². The van der Waals surface area contributed by atoms with Gasteiger partial charge in [0.15, 0.2) is 0 Å². The molecule has 3 heteroatoms. The van der Waals surface area contributed by atoms with Gasteiger partial charge in [0.25, 0.3) is 5.92 Å². The van der Waals surface area contributed by atoms with E-state index in [4.69, 9.17) is 0 Å². The van der Waals surface area contributed by atoms with Crippen LogP contribution in [-0.4, -0.2) is 18.0 Å². The monoisotopic (exact) mass is 159 g/mol. The summed E-state index contributed by atoms with van der Waals surface area (Å²) < 4.78 is 25.8. The van der Waals surface area contributed by atoms with E-state index in [-0.39, 0.29) is 17.9 Å². The maximum absolute atomic E-state index is 12.9. The molecule has 4 atom stereocenters. The van der Waals surface area contributed by atoms with E-state index in [2.05, 4.69) is 5.32 Å². The van der Waals surface area contributed by atoms with Crippen LogP contribution in [0.3, 0.4) is 0 Å². The lowest BCUT2D eigenvalue weighted by atomic mass is 10.1. The van der Waals surface area contributed by atoms with E-state index < -0.39 is 5.92 Å². The molecular formula is C8H11F2N. The number of nitrogens with one attached hydrogen (secondary N) is 1. The predicted molar refractivity (Wildman–Crippen MR) is 36.5 cm³/mol. The Bertz CT molecular complexity index is 202. The summed E-state index contributed by atoms with van der Waals surface area (Å²) in [6, 6.07) is 0.559. The SMILES string of the molecule is FC1(F)[C@H]2[C@H]1C[C@H]1CC[C@H]2N1. The van der Waals surface area contributed by atoms with Crippen LogP contribution >= 0.6 is 0 Å². The average molecular weight is 159 g/mol. The molecule has 0 spiro atoms. The highest BCUT2D eigenvalue weighted by Gasteiger charge is 2.73. The Kier molecular flexibility index (Phi) is 0.926. The molecule has 3 fully saturated rings. The molecule has 3 aliphatic rings. The zero-order valence-corrected chi connectivity index (χ0v) is 6.19. The van der Waals surface area contributed by atoms with Crippen molar-refractivity contribution in [1.82, 2.24) is 5.32 Å². The van der Waals surface area contributed by atoms with Crippen molar-refractivity contribution in [2.45, 2.75) is 37.3 Å². The molecule has 11 heavy (non-hydrogen) atoms. The van der Waals surface area contributed by atoms with Crippen molar-refractivity contribution in [2.24, 2.45) is 11.8 Å². The van der Waals surface area contributed by atoms with Gasteiger partial charge in [-0.15, -0.1) is 0 Å². The standard InChI is InChI=1S/C8H11F2N/c9-8(10)5-3-4-1-2-6(11-4)7(5)8/h4-7,11H,1-3H2/t4-,5-,6-,7+/m1/s1. The summed E-state index contributed by atoms with van der Waals surface area (Å²) in [6.07, 6.45) is 2.81. The first-order chi connectivity index (χ1) is 5.19. The second-order valence-corrected chi connectivity index (χ2v) is 4.09. The molecule has 0 aromatic rings. The highest BCUT2D eigenvalue weighted by molar-refractivity contribution is 5.17. The normalized spacial score (nSPS) is 57.3. The molecule has 1 aliphatic carbocycles. The molecule has 2 heterocycles. The maximum atomic E-state index is 12.9. The second-order valence-electron chi connectivity index (χ2n) is 4.09. The number of halogens is 2. The summed E-state index contributed by atoms with van der Waals surface area (Å²) in [5.74, 6) is -2.88. The van der Waals surface area contributed by atoms with Gasteiger partial charge in [0, 0.05) is 23.9 Å². The third-order valence-corrected chi connectivity index (χ3v) is 3.51. The highest BCUT2D eigenvalue weighted by Crippen LogP contribution is 2.63. The molecule has 1 N–H and O–H groups in total. The van der Waals surface area contributed by atoms with Crippen molar-refractivity contribution in [1.29, 1.82) is 0 Å². The van der Waals surface area contributed by atoms with Crippen LogP contribution in [0.25, 0.3) is 0 Å². The van der Waals surface area contributed by atoms with Crippen LogP contribution in [-0.2, 0) is 0 Å². The van der Waals surface area contributed by atoms with Gasteiger partial charge in [-0.25, -0.2) is 8.78 Å². The van der Waals surface area contributed by atoms with Crippen LogP contribution in [0.4, 0.5) is 8.78 Å². The number of fused-ring (bicyclic) bond motifs is 4. The Morgan fingerprint density at radius 1 is 1.27 bits per heavy atom. The van der Waals surface area contributed by atoms with Crippen LogP contribution in [0, 0.1) is 11.8 Å². The average Bonchev–Trinajstić information content (AvgIpc) is 2.37. The molecule has 1 nitrogen and oxygen atoms in total. The van der Waals surface area contributed by atoms with Gasteiger partial charge in [-0.3, -0.25) is 0 Å². The first-order valence-corrected chi connectivity index (χ1v) is 4.33. The molecule has 0 amide bonds. The summed E-state index contributed by atoms with van der Waals surface area (Å²) in [5, 5.41) is 3.26. The Morgan fingerprint density at radius 3 is 2.91 bits per heavy atom. The molecule has 2 bridgehead atoms. The Labute approximate surface area is 64.2 Å². The van der Waals surface area contributed by atoms with Gasteiger partial charge in [-0.1, -0.05) is 0 Å². The summed E-state index contributed by atoms with van der Waals surface area (Å²) in [7, 11) is 0. The molecule has 0 radical (unpaired) electrons. The van der Waals surface area contributed by atoms with E-state index in [0.29, 0.717) is 12.5 Å². The van der Waals surface area contributed by atoms with Gasteiger partial charge in [0.1, 0.15) is 0 Å². The molecule has 0 aromatic carbocycles. The van der Waals surface area contributed by atoms with Crippen molar-refractivity contribution in [3.8, 4) is 0 Å². The van der Waals surface area contributed by atoms with Crippen molar-refractivity contribution in [2.75, 3.05) is 0 Å². The Hall–Kier alpha value is -0.180. The van der Waals surface area contributed by atoms with Crippen molar-refractivity contribution in [3.05, 3.63) is 0 Å². The fraction of sp³-hybridized carbons (Fsp3) is 1.00. The molecular weight excluding hydrogens is 148 g/mol. The van der Waals surface area contributed by atoms with Gasteiger partial charge in [-0.05, 0) is 19.3 Å². The molecule has 2 aliphatic heterocycles. The molecule has 0 aromatic heterocycles. The van der Waals surface area contributed by atoms with Crippen LogP contribution in [0.5, 0.6) is 0 Å². The fourth-order valence-electron chi connectivity index (χ4n) is 2.89. The largest absolute Gasteiger partial charge is 0.311 e. The lowest BCUT2D eigenvalue weighted by molar-refractivity contribution is 0.0803. The van der Waals surface area contributed by atoms with Gasteiger partial charge >= 0.3 is 0 Å². The third kappa shape index (κ3) is 0.632. The quantitative estimate of drug-likeness (QED) is 0.563. The van der Waals surface area contributed by atoms with E-state index >= 15 is 0 Å². The lowest BCUT2D eigenvalue weighted by Crippen LogP contribution is -2.35. The highest BCUT2D eigenvalue weighted by atomic mass is 19.3. The minimum absolute atomic E-state index is 0.147. The Morgan fingerprint density at radius 2 is 2.09 bits per heavy atom. The van der Waals surface area contributed by atoms with Crippen LogP contribution in [0.15, 0.2) is 0 Å². The van der Waals surface area contributed by atoms with E-state index in [0.717, 1.165) is 12.8 Å². The summed E-state index contributed by atoms with van der Waals surface area (Å²) in [5.41, 5.74) is 0. The molecule has 1 saturated carbocycles. The predicted octanol–water partition coefficient (Wildman–Crippen LogP) is 1.39. The van der Waals surface area contributed by atoms with Crippen LogP contribution in [0.1, 0.15) is 19.3 Å². The van der Waals surface area contributed by atoms with E-state index in [1.54, 1.807) is 0 Å². The second kappa shape index (κ2) is 1.60. The van der Waals surface area contributed by atoms with E-state index in [9.17, 15) is 8.78 Å². The summed E-state index contributed by atoms with van der Waals surface area (Å²) in [6.45, 7) is 0. The van der Waals surface area contributed by atoms with Gasteiger partial charge in [-0.2, -0.15) is 0 Å². The minimum Gasteiger partial charge on any atom is -0.311 e. The van der Waals surface area contributed by atoms with Crippen molar-refractivity contribution in [3.63, 3.8) is 0 Å².